The number of nitrogens with zero attached hydrogens (tertiary/aromatic N) is 2. The first-order chi connectivity index (χ1) is 11.8. The third-order valence-electron chi connectivity index (χ3n) is 5.10. The molecule has 2 atom stereocenters. The second-order valence-corrected chi connectivity index (χ2v) is 7.72. The number of hydrogen-bond donors (Lipinski definition) is 0. The summed E-state index contributed by atoms with van der Waals surface area (Å²) in [5.74, 6) is 0.926. The number of non-ortho nitro benzene ring substituents is 1. The van der Waals surface area contributed by atoms with E-state index in [9.17, 15) is 10.1 Å². The summed E-state index contributed by atoms with van der Waals surface area (Å²) in [6.45, 7) is 9.95. The fourth-order valence-electron chi connectivity index (χ4n) is 3.48. The molecule has 2 unspecified atom stereocenters. The van der Waals surface area contributed by atoms with E-state index in [4.69, 9.17) is 0 Å². The summed E-state index contributed by atoms with van der Waals surface area (Å²) >= 11 is 0. The summed E-state index contributed by atoms with van der Waals surface area (Å²) in [6, 6.07) is 7.57. The lowest BCUT2D eigenvalue weighted by molar-refractivity contribution is -0.384. The van der Waals surface area contributed by atoms with E-state index in [-0.39, 0.29) is 16.5 Å². The highest BCUT2D eigenvalue weighted by atomic mass is 16.6. The number of benzene rings is 1. The monoisotopic (exact) mass is 342 g/mol. The van der Waals surface area contributed by atoms with Gasteiger partial charge in [-0.2, -0.15) is 0 Å². The molecule has 0 fully saturated rings. The van der Waals surface area contributed by atoms with Crippen LogP contribution in [0.15, 0.2) is 47.6 Å². The van der Waals surface area contributed by atoms with Gasteiger partial charge in [-0.3, -0.25) is 15.0 Å². The van der Waals surface area contributed by atoms with Gasteiger partial charge in [0.2, 0.25) is 0 Å². The van der Waals surface area contributed by atoms with Gasteiger partial charge in [0.05, 0.1) is 4.92 Å². The molecule has 0 aromatic heterocycles. The van der Waals surface area contributed by atoms with E-state index < -0.39 is 0 Å². The van der Waals surface area contributed by atoms with Gasteiger partial charge in [-0.05, 0) is 50.8 Å². The van der Waals surface area contributed by atoms with Crippen LogP contribution in [0.4, 0.5) is 5.69 Å². The molecule has 1 aliphatic rings. The van der Waals surface area contributed by atoms with E-state index in [0.29, 0.717) is 12.0 Å². The van der Waals surface area contributed by atoms with Gasteiger partial charge in [0, 0.05) is 30.6 Å². The molecule has 0 aliphatic heterocycles. The zero-order valence-electron chi connectivity index (χ0n) is 16.0. The molecule has 2 rings (SSSR count). The van der Waals surface area contributed by atoms with Crippen molar-refractivity contribution < 1.29 is 4.92 Å². The molecule has 0 radical (unpaired) electrons. The maximum atomic E-state index is 11.0. The third-order valence-corrected chi connectivity index (χ3v) is 5.10. The first-order valence-corrected chi connectivity index (χ1v) is 9.09. The van der Waals surface area contributed by atoms with Gasteiger partial charge in [0.25, 0.3) is 5.69 Å². The van der Waals surface area contributed by atoms with Crippen LogP contribution in [0.2, 0.25) is 0 Å². The Hall–Kier alpha value is -1.94. The highest BCUT2D eigenvalue weighted by Crippen LogP contribution is 2.33. The fraction of sp³-hybridized carbons (Fsp3) is 0.524. The summed E-state index contributed by atoms with van der Waals surface area (Å²) < 4.78 is 0. The lowest BCUT2D eigenvalue weighted by Crippen LogP contribution is -2.32. The van der Waals surface area contributed by atoms with Crippen LogP contribution >= 0.6 is 0 Å². The van der Waals surface area contributed by atoms with Crippen molar-refractivity contribution in [2.45, 2.75) is 52.5 Å². The number of hydrogen-bond acceptors (Lipinski definition) is 3. The number of nitro benzene ring substituents is 1. The molecular weight excluding hydrogens is 312 g/mol. The van der Waals surface area contributed by atoms with Crippen molar-refractivity contribution in [3.8, 4) is 0 Å². The molecule has 1 aliphatic carbocycles. The fourth-order valence-corrected chi connectivity index (χ4v) is 3.48. The normalized spacial score (nSPS) is 18.9. The Morgan fingerprint density at radius 1 is 1.32 bits per heavy atom. The van der Waals surface area contributed by atoms with Gasteiger partial charge in [0.15, 0.2) is 0 Å². The first kappa shape index (κ1) is 19.4. The molecule has 0 bridgehead atoms. The molecule has 136 valence electrons. The van der Waals surface area contributed by atoms with Gasteiger partial charge in [0.1, 0.15) is 0 Å². The molecule has 1 aromatic carbocycles. The molecule has 0 amide bonds. The van der Waals surface area contributed by atoms with Crippen LogP contribution in [0.25, 0.3) is 0 Å². The molecular formula is C21H30N2O2. The second-order valence-electron chi connectivity index (χ2n) is 7.72. The molecule has 0 saturated carbocycles. The Balaban J connectivity index is 2.05. The van der Waals surface area contributed by atoms with Gasteiger partial charge in [-0.1, -0.05) is 43.7 Å². The Bertz CT molecular complexity index is 676. The van der Waals surface area contributed by atoms with Crippen LogP contribution in [-0.4, -0.2) is 29.5 Å². The Morgan fingerprint density at radius 3 is 2.64 bits per heavy atom. The molecule has 0 N–H and O–H groups in total. The highest BCUT2D eigenvalue weighted by molar-refractivity contribution is 5.42. The largest absolute Gasteiger partial charge is 0.299 e. The lowest BCUT2D eigenvalue weighted by atomic mass is 9.85. The SMILES string of the molecule is CC1=C(CN(C)C(C)CC(C)C)C=CC(c2cccc([N+](=O)[O-])c2)C1. The first-order valence-electron chi connectivity index (χ1n) is 9.09. The quantitative estimate of drug-likeness (QED) is 0.497. The van der Waals surface area contributed by atoms with Gasteiger partial charge in [-0.25, -0.2) is 0 Å². The van der Waals surface area contributed by atoms with E-state index in [1.165, 1.54) is 17.6 Å². The zero-order valence-corrected chi connectivity index (χ0v) is 16.0. The van der Waals surface area contributed by atoms with E-state index in [2.05, 4.69) is 51.8 Å². The maximum Gasteiger partial charge on any atom is 0.269 e. The van der Waals surface area contributed by atoms with E-state index in [0.717, 1.165) is 18.5 Å². The standard InChI is InChI=1S/C21H30N2O2/c1-15(2)11-17(4)22(5)14-20-10-9-19(12-16(20)3)18-7-6-8-21(13-18)23(24)25/h6-10,13,15,17,19H,11-12,14H2,1-5H3. The third kappa shape index (κ3) is 5.27. The van der Waals surface area contributed by atoms with Crippen molar-refractivity contribution in [1.82, 2.24) is 4.90 Å². The van der Waals surface area contributed by atoms with E-state index in [1.807, 2.05) is 6.07 Å². The lowest BCUT2D eigenvalue weighted by Gasteiger charge is -2.29. The summed E-state index contributed by atoms with van der Waals surface area (Å²) in [7, 11) is 2.19. The van der Waals surface area contributed by atoms with Crippen LogP contribution in [0, 0.1) is 16.0 Å². The molecule has 0 heterocycles. The predicted octanol–water partition coefficient (Wildman–Crippen LogP) is 5.32. The smallest absolute Gasteiger partial charge is 0.269 e. The van der Waals surface area contributed by atoms with Crippen molar-refractivity contribution in [3.63, 3.8) is 0 Å². The predicted molar refractivity (Wildman–Crippen MR) is 104 cm³/mol. The molecule has 4 heteroatoms. The minimum Gasteiger partial charge on any atom is -0.299 e. The van der Waals surface area contributed by atoms with Crippen molar-refractivity contribution in [1.29, 1.82) is 0 Å². The highest BCUT2D eigenvalue weighted by Gasteiger charge is 2.19. The maximum absolute atomic E-state index is 11.0. The van der Waals surface area contributed by atoms with Gasteiger partial charge in [-0.15, -0.1) is 0 Å². The number of allylic oxidation sites excluding steroid dienone is 2. The van der Waals surface area contributed by atoms with Crippen molar-refractivity contribution in [3.05, 3.63) is 63.2 Å². The van der Waals surface area contributed by atoms with Crippen LogP contribution in [0.3, 0.4) is 0 Å². The molecule has 25 heavy (non-hydrogen) atoms. The summed E-state index contributed by atoms with van der Waals surface area (Å²) in [5.41, 5.74) is 3.94. The van der Waals surface area contributed by atoms with Crippen molar-refractivity contribution >= 4 is 5.69 Å². The van der Waals surface area contributed by atoms with Crippen LogP contribution < -0.4 is 0 Å². The molecule has 4 nitrogen and oxygen atoms in total. The van der Waals surface area contributed by atoms with Crippen LogP contribution in [0.5, 0.6) is 0 Å². The summed E-state index contributed by atoms with van der Waals surface area (Å²) in [6.07, 6.45) is 6.53. The van der Waals surface area contributed by atoms with E-state index >= 15 is 0 Å². The van der Waals surface area contributed by atoms with Crippen molar-refractivity contribution in [2.24, 2.45) is 5.92 Å². The minimum atomic E-state index is -0.324. The Morgan fingerprint density at radius 2 is 2.04 bits per heavy atom. The van der Waals surface area contributed by atoms with Crippen LogP contribution in [-0.2, 0) is 0 Å². The number of rotatable bonds is 7. The van der Waals surface area contributed by atoms with Gasteiger partial charge >= 0.3 is 0 Å². The number of likely N-dealkylation sites (N-methyl/N-ethyl adjacent to an activating group) is 1. The van der Waals surface area contributed by atoms with E-state index in [1.54, 1.807) is 18.2 Å². The molecule has 0 saturated heterocycles. The average molecular weight is 342 g/mol. The zero-order chi connectivity index (χ0) is 18.6. The summed E-state index contributed by atoms with van der Waals surface area (Å²) in [5, 5.41) is 11.0. The van der Waals surface area contributed by atoms with Crippen LogP contribution in [0.1, 0.15) is 52.0 Å². The molecule has 1 aromatic rings. The summed E-state index contributed by atoms with van der Waals surface area (Å²) in [4.78, 5) is 13.1. The second kappa shape index (κ2) is 8.43. The average Bonchev–Trinajstić information content (AvgIpc) is 2.56. The Labute approximate surface area is 151 Å². The van der Waals surface area contributed by atoms with Gasteiger partial charge < -0.3 is 0 Å². The van der Waals surface area contributed by atoms with Crippen molar-refractivity contribution in [2.75, 3.05) is 13.6 Å². The topological polar surface area (TPSA) is 46.4 Å². The Kier molecular flexibility index (Phi) is 6.54. The minimum absolute atomic E-state index is 0.167. The molecule has 0 spiro atoms. The number of nitro groups is 1.